The molecule has 120 valence electrons. The second kappa shape index (κ2) is 5.09. The number of sulfone groups is 1. The number of aromatic nitrogens is 2. The molecule has 3 aromatic rings. The van der Waals surface area contributed by atoms with Crippen molar-refractivity contribution in [1.82, 2.24) is 9.97 Å². The van der Waals surface area contributed by atoms with Crippen LogP contribution in [-0.4, -0.2) is 18.4 Å². The van der Waals surface area contributed by atoms with Gasteiger partial charge in [-0.15, -0.1) is 0 Å². The summed E-state index contributed by atoms with van der Waals surface area (Å²) in [5.74, 6) is 0. The summed E-state index contributed by atoms with van der Waals surface area (Å²) in [6.45, 7) is 1.80. The zero-order valence-corrected chi connectivity index (χ0v) is 12.7. The van der Waals surface area contributed by atoms with Gasteiger partial charge >= 0.3 is 6.18 Å². The first-order valence-corrected chi connectivity index (χ1v) is 8.04. The Morgan fingerprint density at radius 2 is 1.74 bits per heavy atom. The van der Waals surface area contributed by atoms with Crippen molar-refractivity contribution in [3.63, 3.8) is 0 Å². The van der Waals surface area contributed by atoms with Crippen molar-refractivity contribution in [3.8, 4) is 0 Å². The highest BCUT2D eigenvalue weighted by molar-refractivity contribution is 7.91. The van der Waals surface area contributed by atoms with E-state index in [1.165, 1.54) is 12.1 Å². The van der Waals surface area contributed by atoms with Crippen molar-refractivity contribution >= 4 is 20.9 Å². The summed E-state index contributed by atoms with van der Waals surface area (Å²) < 4.78 is 63.9. The normalized spacial score (nSPS) is 12.7. The van der Waals surface area contributed by atoms with Gasteiger partial charge in [-0.1, -0.05) is 17.7 Å². The van der Waals surface area contributed by atoms with Crippen molar-refractivity contribution in [2.45, 2.75) is 22.9 Å². The molecule has 1 aromatic carbocycles. The number of aryl methyl sites for hydroxylation is 1. The van der Waals surface area contributed by atoms with E-state index in [1.54, 1.807) is 19.1 Å². The van der Waals surface area contributed by atoms with E-state index in [9.17, 15) is 21.6 Å². The molecule has 0 aliphatic rings. The molecule has 8 heteroatoms. The average Bonchev–Trinajstić information content (AvgIpc) is 2.90. The largest absolute Gasteiger partial charge is 0.418 e. The van der Waals surface area contributed by atoms with Crippen molar-refractivity contribution in [2.24, 2.45) is 0 Å². The van der Waals surface area contributed by atoms with Gasteiger partial charge in [-0.05, 0) is 25.1 Å². The van der Waals surface area contributed by atoms with Crippen LogP contribution in [-0.2, 0) is 16.0 Å². The van der Waals surface area contributed by atoms with Crippen LogP contribution in [0.5, 0.6) is 0 Å². The standard InChI is InChI=1S/C15H11F3N2O2S/c1-9-2-4-10(5-3-9)23(21,22)11-6-12-13(15(16,17)18)8-20-14(12)19-7-11/h2-8H,1H3,(H,19,20). The Morgan fingerprint density at radius 1 is 1.09 bits per heavy atom. The van der Waals surface area contributed by atoms with Gasteiger partial charge < -0.3 is 4.98 Å². The summed E-state index contributed by atoms with van der Waals surface area (Å²) in [7, 11) is -3.93. The van der Waals surface area contributed by atoms with Gasteiger partial charge in [-0.3, -0.25) is 0 Å². The minimum atomic E-state index is -4.59. The topological polar surface area (TPSA) is 62.8 Å². The number of nitrogens with zero attached hydrogens (tertiary/aromatic N) is 1. The predicted octanol–water partition coefficient (Wildman–Crippen LogP) is 3.72. The monoisotopic (exact) mass is 340 g/mol. The molecule has 0 atom stereocenters. The first-order chi connectivity index (χ1) is 10.7. The van der Waals surface area contributed by atoms with Crippen LogP contribution in [0.25, 0.3) is 11.0 Å². The summed E-state index contributed by atoms with van der Waals surface area (Å²) in [6, 6.07) is 7.07. The van der Waals surface area contributed by atoms with E-state index >= 15 is 0 Å². The second-order valence-corrected chi connectivity index (χ2v) is 7.03. The molecule has 0 saturated heterocycles. The summed E-state index contributed by atoms with van der Waals surface area (Å²) in [6.07, 6.45) is -2.76. The van der Waals surface area contributed by atoms with Gasteiger partial charge in [0.15, 0.2) is 0 Å². The minimum Gasteiger partial charge on any atom is -0.346 e. The number of hydrogen-bond donors (Lipinski definition) is 1. The van der Waals surface area contributed by atoms with Crippen LogP contribution >= 0.6 is 0 Å². The zero-order chi connectivity index (χ0) is 16.8. The van der Waals surface area contributed by atoms with E-state index in [0.29, 0.717) is 0 Å². The molecular weight excluding hydrogens is 329 g/mol. The van der Waals surface area contributed by atoms with Crippen molar-refractivity contribution in [1.29, 1.82) is 0 Å². The fraction of sp³-hybridized carbons (Fsp3) is 0.133. The van der Waals surface area contributed by atoms with Gasteiger partial charge in [0.25, 0.3) is 0 Å². The molecule has 2 aromatic heterocycles. The highest BCUT2D eigenvalue weighted by atomic mass is 32.2. The number of alkyl halides is 3. The third-order valence-electron chi connectivity index (χ3n) is 3.45. The molecule has 0 unspecified atom stereocenters. The highest BCUT2D eigenvalue weighted by Gasteiger charge is 2.34. The third-order valence-corrected chi connectivity index (χ3v) is 5.19. The number of rotatable bonds is 2. The number of hydrogen-bond acceptors (Lipinski definition) is 3. The third kappa shape index (κ3) is 2.70. The van der Waals surface area contributed by atoms with Gasteiger partial charge in [0.1, 0.15) is 5.65 Å². The second-order valence-electron chi connectivity index (χ2n) is 5.08. The zero-order valence-electron chi connectivity index (χ0n) is 11.8. The summed E-state index contributed by atoms with van der Waals surface area (Å²) in [4.78, 5) is 5.91. The van der Waals surface area contributed by atoms with Crippen molar-refractivity contribution < 1.29 is 21.6 Å². The number of aromatic amines is 1. The smallest absolute Gasteiger partial charge is 0.346 e. The molecule has 1 N–H and O–H groups in total. The lowest BCUT2D eigenvalue weighted by molar-refractivity contribution is -0.136. The van der Waals surface area contributed by atoms with Crippen LogP contribution in [0.4, 0.5) is 13.2 Å². The van der Waals surface area contributed by atoms with Gasteiger partial charge in [0, 0.05) is 17.8 Å². The first kappa shape index (κ1) is 15.5. The summed E-state index contributed by atoms with van der Waals surface area (Å²) in [5.41, 5.74) is -0.0799. The molecule has 2 heterocycles. The average molecular weight is 340 g/mol. The van der Waals surface area contributed by atoms with Crippen molar-refractivity contribution in [2.75, 3.05) is 0 Å². The molecule has 0 amide bonds. The SMILES string of the molecule is Cc1ccc(S(=O)(=O)c2cnc3[nH]cc(C(F)(F)F)c3c2)cc1. The lowest BCUT2D eigenvalue weighted by Gasteiger charge is -2.07. The number of halogens is 3. The van der Waals surface area contributed by atoms with E-state index in [-0.39, 0.29) is 20.8 Å². The van der Waals surface area contributed by atoms with E-state index in [2.05, 4.69) is 9.97 Å². The van der Waals surface area contributed by atoms with E-state index < -0.39 is 21.6 Å². The van der Waals surface area contributed by atoms with E-state index in [1.807, 2.05) is 0 Å². The highest BCUT2D eigenvalue weighted by Crippen LogP contribution is 2.35. The maximum absolute atomic E-state index is 12.9. The Hall–Kier alpha value is -2.35. The number of fused-ring (bicyclic) bond motifs is 1. The van der Waals surface area contributed by atoms with Crippen LogP contribution < -0.4 is 0 Å². The van der Waals surface area contributed by atoms with Gasteiger partial charge in [-0.25, -0.2) is 13.4 Å². The molecule has 0 aliphatic carbocycles. The number of pyridine rings is 1. The van der Waals surface area contributed by atoms with E-state index in [0.717, 1.165) is 24.0 Å². The Balaban J connectivity index is 2.18. The Labute approximate surface area is 129 Å². The molecule has 0 radical (unpaired) electrons. The maximum atomic E-state index is 12.9. The van der Waals surface area contributed by atoms with Crippen LogP contribution in [0, 0.1) is 6.92 Å². The molecule has 4 nitrogen and oxygen atoms in total. The lowest BCUT2D eigenvalue weighted by atomic mass is 10.2. The fourth-order valence-corrected chi connectivity index (χ4v) is 3.45. The first-order valence-electron chi connectivity index (χ1n) is 6.56. The van der Waals surface area contributed by atoms with Gasteiger partial charge in [0.2, 0.25) is 9.84 Å². The molecule has 0 fully saturated rings. The molecule has 0 bridgehead atoms. The number of H-pyrrole nitrogens is 1. The number of nitrogens with one attached hydrogen (secondary N) is 1. The molecule has 0 spiro atoms. The number of benzene rings is 1. The Kier molecular flexibility index (Phi) is 3.44. The van der Waals surface area contributed by atoms with Gasteiger partial charge in [0.05, 0.1) is 15.4 Å². The molecule has 3 rings (SSSR count). The quantitative estimate of drug-likeness (QED) is 0.773. The Morgan fingerprint density at radius 3 is 2.35 bits per heavy atom. The fourth-order valence-electron chi connectivity index (χ4n) is 2.22. The maximum Gasteiger partial charge on any atom is 0.418 e. The van der Waals surface area contributed by atoms with Gasteiger partial charge in [-0.2, -0.15) is 13.2 Å². The lowest BCUT2D eigenvalue weighted by Crippen LogP contribution is -2.05. The van der Waals surface area contributed by atoms with Crippen molar-refractivity contribution in [3.05, 3.63) is 53.9 Å². The van der Waals surface area contributed by atoms with Crippen LogP contribution in [0.1, 0.15) is 11.1 Å². The minimum absolute atomic E-state index is 0.00773. The summed E-state index contributed by atoms with van der Waals surface area (Å²) in [5, 5.41) is -0.273. The molecule has 0 saturated carbocycles. The molecular formula is C15H11F3N2O2S. The van der Waals surface area contributed by atoms with E-state index in [4.69, 9.17) is 0 Å². The van der Waals surface area contributed by atoms with Crippen LogP contribution in [0.2, 0.25) is 0 Å². The summed E-state index contributed by atoms with van der Waals surface area (Å²) >= 11 is 0. The molecule has 0 aliphatic heterocycles. The Bertz CT molecular complexity index is 974. The van der Waals surface area contributed by atoms with Crippen LogP contribution in [0.3, 0.4) is 0 Å². The molecule has 23 heavy (non-hydrogen) atoms. The van der Waals surface area contributed by atoms with Crippen LogP contribution in [0.15, 0.2) is 52.5 Å². The predicted molar refractivity (Wildman–Crippen MR) is 77.7 cm³/mol.